The molecule has 4 nitrogen and oxygen atoms in total. The van der Waals surface area contributed by atoms with Crippen LogP contribution in [0.1, 0.15) is 25.8 Å². The van der Waals surface area contributed by atoms with Crippen LogP contribution in [0.3, 0.4) is 0 Å². The van der Waals surface area contributed by atoms with Gasteiger partial charge in [-0.25, -0.2) is 0 Å². The average molecular weight is 315 g/mol. The number of nitrogens with one attached hydrogen (secondary N) is 1. The standard InChI is InChI=1S/C16H26N2O2.ClH/c1-13(14(2)17)16(19)18-10-6-11-20-12-9-15-7-4-3-5-8-15;/h3-5,7-8,13-14H,6,9-12,17H2,1-2H3,(H,18,19);1H. The zero-order valence-corrected chi connectivity index (χ0v) is 13.7. The molecular weight excluding hydrogens is 288 g/mol. The molecule has 5 heteroatoms. The maximum Gasteiger partial charge on any atom is 0.224 e. The van der Waals surface area contributed by atoms with Crippen molar-refractivity contribution in [3.8, 4) is 0 Å². The van der Waals surface area contributed by atoms with Crippen LogP contribution in [-0.2, 0) is 16.0 Å². The van der Waals surface area contributed by atoms with Gasteiger partial charge in [0.2, 0.25) is 5.91 Å². The van der Waals surface area contributed by atoms with Crippen LogP contribution in [0.15, 0.2) is 30.3 Å². The van der Waals surface area contributed by atoms with Crippen molar-refractivity contribution in [1.82, 2.24) is 5.32 Å². The number of benzene rings is 1. The van der Waals surface area contributed by atoms with Crippen molar-refractivity contribution in [2.24, 2.45) is 11.7 Å². The quantitative estimate of drug-likeness (QED) is 0.687. The Labute approximate surface area is 133 Å². The molecule has 0 aliphatic carbocycles. The number of rotatable bonds is 9. The average Bonchev–Trinajstić information content (AvgIpc) is 2.46. The number of amides is 1. The Balaban J connectivity index is 0.00000400. The van der Waals surface area contributed by atoms with Crippen LogP contribution < -0.4 is 11.1 Å². The van der Waals surface area contributed by atoms with Gasteiger partial charge < -0.3 is 15.8 Å². The number of carbonyl (C=O) groups excluding carboxylic acids is 1. The van der Waals surface area contributed by atoms with E-state index in [0.29, 0.717) is 19.8 Å². The number of hydrogen-bond donors (Lipinski definition) is 2. The molecule has 0 aliphatic rings. The minimum Gasteiger partial charge on any atom is -0.381 e. The van der Waals surface area contributed by atoms with Gasteiger partial charge in [0.1, 0.15) is 0 Å². The van der Waals surface area contributed by atoms with Crippen LogP contribution in [0.2, 0.25) is 0 Å². The summed E-state index contributed by atoms with van der Waals surface area (Å²) in [5, 5.41) is 2.87. The maximum atomic E-state index is 11.6. The normalized spacial score (nSPS) is 13.1. The van der Waals surface area contributed by atoms with Gasteiger partial charge in [0.15, 0.2) is 0 Å². The van der Waals surface area contributed by atoms with Crippen LogP contribution >= 0.6 is 12.4 Å². The summed E-state index contributed by atoms with van der Waals surface area (Å²) in [6.45, 7) is 5.71. The van der Waals surface area contributed by atoms with Crippen molar-refractivity contribution >= 4 is 18.3 Å². The molecule has 21 heavy (non-hydrogen) atoms. The second-order valence-corrected chi connectivity index (χ2v) is 5.14. The Hall–Kier alpha value is -1.10. The number of carbonyl (C=O) groups is 1. The molecule has 1 aromatic rings. The van der Waals surface area contributed by atoms with Crippen molar-refractivity contribution in [3.05, 3.63) is 35.9 Å². The topological polar surface area (TPSA) is 64.4 Å². The molecular formula is C16H27ClN2O2. The first kappa shape index (κ1) is 19.9. The predicted molar refractivity (Wildman–Crippen MR) is 88.7 cm³/mol. The van der Waals surface area contributed by atoms with Gasteiger partial charge in [0.05, 0.1) is 6.61 Å². The molecule has 120 valence electrons. The van der Waals surface area contributed by atoms with E-state index >= 15 is 0 Å². The SMILES string of the molecule is CC(N)C(C)C(=O)NCCCOCCc1ccccc1.Cl. The highest BCUT2D eigenvalue weighted by molar-refractivity contribution is 5.85. The lowest BCUT2D eigenvalue weighted by Gasteiger charge is -2.15. The van der Waals surface area contributed by atoms with E-state index in [1.807, 2.05) is 32.0 Å². The number of halogens is 1. The van der Waals surface area contributed by atoms with Crippen molar-refractivity contribution in [2.75, 3.05) is 19.8 Å². The number of hydrogen-bond acceptors (Lipinski definition) is 3. The summed E-state index contributed by atoms with van der Waals surface area (Å²) in [5.74, 6) is -0.127. The van der Waals surface area contributed by atoms with Gasteiger partial charge in [-0.3, -0.25) is 4.79 Å². The molecule has 1 aromatic carbocycles. The first-order valence-electron chi connectivity index (χ1n) is 7.26. The minimum atomic E-state index is -0.144. The monoisotopic (exact) mass is 314 g/mol. The van der Waals surface area contributed by atoms with E-state index < -0.39 is 0 Å². The van der Waals surface area contributed by atoms with E-state index in [1.165, 1.54) is 5.56 Å². The van der Waals surface area contributed by atoms with Crippen molar-refractivity contribution in [2.45, 2.75) is 32.7 Å². The summed E-state index contributed by atoms with van der Waals surface area (Å²) in [6.07, 6.45) is 1.75. The molecule has 0 saturated carbocycles. The molecule has 0 aromatic heterocycles. The van der Waals surface area contributed by atoms with Gasteiger partial charge in [-0.05, 0) is 25.3 Å². The molecule has 1 amide bonds. The van der Waals surface area contributed by atoms with Gasteiger partial charge in [-0.15, -0.1) is 12.4 Å². The number of ether oxygens (including phenoxy) is 1. The van der Waals surface area contributed by atoms with Crippen LogP contribution in [0.5, 0.6) is 0 Å². The fourth-order valence-electron chi connectivity index (χ4n) is 1.72. The molecule has 0 bridgehead atoms. The summed E-state index contributed by atoms with van der Waals surface area (Å²) in [7, 11) is 0. The lowest BCUT2D eigenvalue weighted by molar-refractivity contribution is -0.124. The predicted octanol–water partition coefficient (Wildman–Crippen LogP) is 2.16. The van der Waals surface area contributed by atoms with Crippen LogP contribution in [0, 0.1) is 5.92 Å². The second kappa shape index (κ2) is 11.5. The fraction of sp³-hybridized carbons (Fsp3) is 0.562. The van der Waals surface area contributed by atoms with Crippen LogP contribution in [-0.4, -0.2) is 31.7 Å². The summed E-state index contributed by atoms with van der Waals surface area (Å²) < 4.78 is 5.55. The van der Waals surface area contributed by atoms with E-state index in [4.69, 9.17) is 10.5 Å². The third-order valence-corrected chi connectivity index (χ3v) is 3.34. The summed E-state index contributed by atoms with van der Waals surface area (Å²) in [6, 6.07) is 10.2. The molecule has 0 spiro atoms. The fourth-order valence-corrected chi connectivity index (χ4v) is 1.72. The van der Waals surface area contributed by atoms with E-state index in [1.54, 1.807) is 0 Å². The van der Waals surface area contributed by atoms with E-state index in [2.05, 4.69) is 17.4 Å². The molecule has 2 unspecified atom stereocenters. The lowest BCUT2D eigenvalue weighted by atomic mass is 10.0. The first-order valence-corrected chi connectivity index (χ1v) is 7.26. The molecule has 0 saturated heterocycles. The molecule has 0 aliphatic heterocycles. The van der Waals surface area contributed by atoms with Crippen molar-refractivity contribution < 1.29 is 9.53 Å². The van der Waals surface area contributed by atoms with Gasteiger partial charge in [0.25, 0.3) is 0 Å². The largest absolute Gasteiger partial charge is 0.381 e. The van der Waals surface area contributed by atoms with Gasteiger partial charge in [-0.1, -0.05) is 37.3 Å². The second-order valence-electron chi connectivity index (χ2n) is 5.14. The van der Waals surface area contributed by atoms with Gasteiger partial charge in [0, 0.05) is 25.1 Å². The molecule has 3 N–H and O–H groups in total. The Kier molecular flexibility index (Phi) is 10.9. The molecule has 1 rings (SSSR count). The van der Waals surface area contributed by atoms with Gasteiger partial charge in [-0.2, -0.15) is 0 Å². The highest BCUT2D eigenvalue weighted by atomic mass is 35.5. The summed E-state index contributed by atoms with van der Waals surface area (Å²) in [5.41, 5.74) is 6.96. The Morgan fingerprint density at radius 3 is 2.52 bits per heavy atom. The maximum absolute atomic E-state index is 11.6. The smallest absolute Gasteiger partial charge is 0.224 e. The lowest BCUT2D eigenvalue weighted by Crippen LogP contribution is -2.39. The van der Waals surface area contributed by atoms with Crippen molar-refractivity contribution in [3.63, 3.8) is 0 Å². The first-order chi connectivity index (χ1) is 9.61. The highest BCUT2D eigenvalue weighted by Gasteiger charge is 2.15. The highest BCUT2D eigenvalue weighted by Crippen LogP contribution is 2.00. The molecule has 0 fully saturated rings. The Bertz CT molecular complexity index is 385. The van der Waals surface area contributed by atoms with Crippen LogP contribution in [0.25, 0.3) is 0 Å². The van der Waals surface area contributed by atoms with E-state index in [-0.39, 0.29) is 30.3 Å². The van der Waals surface area contributed by atoms with Crippen molar-refractivity contribution in [1.29, 1.82) is 0 Å². The van der Waals surface area contributed by atoms with Gasteiger partial charge >= 0.3 is 0 Å². The van der Waals surface area contributed by atoms with E-state index in [0.717, 1.165) is 12.8 Å². The Morgan fingerprint density at radius 1 is 1.24 bits per heavy atom. The summed E-state index contributed by atoms with van der Waals surface area (Å²) in [4.78, 5) is 11.6. The molecule has 0 radical (unpaired) electrons. The van der Waals surface area contributed by atoms with Crippen LogP contribution in [0.4, 0.5) is 0 Å². The molecule has 2 atom stereocenters. The Morgan fingerprint density at radius 2 is 1.90 bits per heavy atom. The third-order valence-electron chi connectivity index (χ3n) is 3.34. The zero-order chi connectivity index (χ0) is 14.8. The minimum absolute atomic E-state index is 0. The summed E-state index contributed by atoms with van der Waals surface area (Å²) >= 11 is 0. The molecule has 0 heterocycles. The van der Waals surface area contributed by atoms with E-state index in [9.17, 15) is 4.79 Å². The number of nitrogens with two attached hydrogens (primary N) is 1. The third kappa shape index (κ3) is 8.71. The zero-order valence-electron chi connectivity index (χ0n) is 12.9.